The first-order valence-electron chi connectivity index (χ1n) is 6.93. The lowest BCUT2D eigenvalue weighted by Crippen LogP contribution is -2.57. The first-order valence-corrected chi connectivity index (χ1v) is 7.30. The number of aryl methyl sites for hydroxylation is 1. The molecule has 19 heavy (non-hydrogen) atoms. The normalized spacial score (nSPS) is 29.3. The van der Waals surface area contributed by atoms with E-state index in [1.54, 1.807) is 6.07 Å². The quantitative estimate of drug-likeness (QED) is 0.901. The molecule has 3 nitrogen and oxygen atoms in total. The van der Waals surface area contributed by atoms with Gasteiger partial charge in [-0.1, -0.05) is 17.7 Å². The fourth-order valence-corrected chi connectivity index (χ4v) is 3.29. The van der Waals surface area contributed by atoms with Crippen molar-refractivity contribution in [2.75, 3.05) is 19.6 Å². The number of hydrogen-bond donors (Lipinski definition) is 1. The molecule has 3 aliphatic heterocycles. The van der Waals surface area contributed by atoms with Crippen molar-refractivity contribution < 1.29 is 4.79 Å². The molecule has 3 heterocycles. The van der Waals surface area contributed by atoms with Crippen molar-refractivity contribution in [1.82, 2.24) is 10.2 Å². The zero-order chi connectivity index (χ0) is 13.4. The predicted molar refractivity (Wildman–Crippen MR) is 76.6 cm³/mol. The Bertz CT molecular complexity index is 495. The van der Waals surface area contributed by atoms with Crippen LogP contribution >= 0.6 is 11.6 Å². The highest BCUT2D eigenvalue weighted by Gasteiger charge is 2.34. The SMILES string of the molecule is Cc1ccc(C(=O)NC2CN3CCC2CC3)cc1Cl. The fourth-order valence-electron chi connectivity index (χ4n) is 3.11. The molecule has 102 valence electrons. The third kappa shape index (κ3) is 2.63. The molecule has 1 atom stereocenters. The van der Waals surface area contributed by atoms with Gasteiger partial charge in [-0.05, 0) is 56.5 Å². The number of nitrogens with zero attached hydrogens (tertiary/aromatic N) is 1. The van der Waals surface area contributed by atoms with E-state index in [0.717, 1.165) is 12.1 Å². The van der Waals surface area contributed by atoms with Crippen molar-refractivity contribution in [1.29, 1.82) is 0 Å². The molecule has 1 aromatic carbocycles. The Kier molecular flexibility index (Phi) is 3.50. The molecule has 0 saturated carbocycles. The second-order valence-corrected chi connectivity index (χ2v) is 6.09. The third-order valence-electron chi connectivity index (χ3n) is 4.41. The van der Waals surface area contributed by atoms with Crippen molar-refractivity contribution in [2.45, 2.75) is 25.8 Å². The smallest absolute Gasteiger partial charge is 0.251 e. The highest BCUT2D eigenvalue weighted by Crippen LogP contribution is 2.27. The predicted octanol–water partition coefficient (Wildman–Crippen LogP) is 2.47. The van der Waals surface area contributed by atoms with Gasteiger partial charge in [-0.25, -0.2) is 0 Å². The lowest BCUT2D eigenvalue weighted by atomic mass is 9.84. The largest absolute Gasteiger partial charge is 0.348 e. The molecule has 1 aromatic rings. The van der Waals surface area contributed by atoms with Gasteiger partial charge in [0.2, 0.25) is 0 Å². The average Bonchev–Trinajstić information content (AvgIpc) is 2.43. The van der Waals surface area contributed by atoms with Gasteiger partial charge in [0.1, 0.15) is 0 Å². The molecule has 0 aromatic heterocycles. The summed E-state index contributed by atoms with van der Waals surface area (Å²) in [6, 6.07) is 5.80. The van der Waals surface area contributed by atoms with E-state index in [0.29, 0.717) is 22.5 Å². The van der Waals surface area contributed by atoms with Gasteiger partial charge in [0.15, 0.2) is 0 Å². The Morgan fingerprint density at radius 3 is 2.68 bits per heavy atom. The summed E-state index contributed by atoms with van der Waals surface area (Å²) in [7, 11) is 0. The number of fused-ring (bicyclic) bond motifs is 3. The van der Waals surface area contributed by atoms with Gasteiger partial charge >= 0.3 is 0 Å². The van der Waals surface area contributed by atoms with Gasteiger partial charge in [-0.2, -0.15) is 0 Å². The molecule has 1 amide bonds. The van der Waals surface area contributed by atoms with Crippen LogP contribution in [0.4, 0.5) is 0 Å². The number of piperidine rings is 3. The molecule has 0 spiro atoms. The first kappa shape index (κ1) is 12.9. The maximum absolute atomic E-state index is 12.3. The van der Waals surface area contributed by atoms with Crippen molar-refractivity contribution >= 4 is 17.5 Å². The maximum atomic E-state index is 12.3. The molecule has 2 bridgehead atoms. The van der Waals surface area contributed by atoms with Gasteiger partial charge in [0, 0.05) is 23.2 Å². The minimum atomic E-state index is 0.000602. The van der Waals surface area contributed by atoms with Crippen LogP contribution in [0.25, 0.3) is 0 Å². The van der Waals surface area contributed by atoms with E-state index < -0.39 is 0 Å². The van der Waals surface area contributed by atoms with Crippen LogP contribution in [-0.4, -0.2) is 36.5 Å². The van der Waals surface area contributed by atoms with E-state index in [-0.39, 0.29) is 5.91 Å². The van der Waals surface area contributed by atoms with Gasteiger partial charge in [0.05, 0.1) is 0 Å². The van der Waals surface area contributed by atoms with Crippen LogP contribution < -0.4 is 5.32 Å². The summed E-state index contributed by atoms with van der Waals surface area (Å²) in [6.45, 7) is 5.31. The van der Waals surface area contributed by atoms with Gasteiger partial charge < -0.3 is 10.2 Å². The topological polar surface area (TPSA) is 32.3 Å². The monoisotopic (exact) mass is 278 g/mol. The average molecular weight is 279 g/mol. The molecule has 1 unspecified atom stereocenters. The number of nitrogens with one attached hydrogen (secondary N) is 1. The Morgan fingerprint density at radius 2 is 2.11 bits per heavy atom. The van der Waals surface area contributed by atoms with E-state index in [4.69, 9.17) is 11.6 Å². The van der Waals surface area contributed by atoms with Crippen LogP contribution in [0.5, 0.6) is 0 Å². The summed E-state index contributed by atoms with van der Waals surface area (Å²) in [5, 5.41) is 3.83. The van der Waals surface area contributed by atoms with Crippen LogP contribution in [0.3, 0.4) is 0 Å². The second kappa shape index (κ2) is 5.14. The minimum Gasteiger partial charge on any atom is -0.348 e. The third-order valence-corrected chi connectivity index (χ3v) is 4.81. The number of amides is 1. The molecular formula is C15H19ClN2O. The van der Waals surface area contributed by atoms with Crippen LogP contribution in [0.2, 0.25) is 5.02 Å². The molecule has 3 fully saturated rings. The Labute approximate surface area is 118 Å². The molecule has 1 N–H and O–H groups in total. The Balaban J connectivity index is 1.69. The van der Waals surface area contributed by atoms with Crippen LogP contribution in [-0.2, 0) is 0 Å². The first-order chi connectivity index (χ1) is 9.13. The van der Waals surface area contributed by atoms with Crippen LogP contribution in [0.1, 0.15) is 28.8 Å². The number of benzene rings is 1. The lowest BCUT2D eigenvalue weighted by Gasteiger charge is -2.44. The highest BCUT2D eigenvalue weighted by atomic mass is 35.5. The fraction of sp³-hybridized carbons (Fsp3) is 0.533. The minimum absolute atomic E-state index is 0.000602. The summed E-state index contributed by atoms with van der Waals surface area (Å²) >= 11 is 6.08. The van der Waals surface area contributed by atoms with Crippen molar-refractivity contribution in [3.63, 3.8) is 0 Å². The maximum Gasteiger partial charge on any atom is 0.251 e. The molecule has 0 radical (unpaired) electrons. The van der Waals surface area contributed by atoms with E-state index >= 15 is 0 Å². The summed E-state index contributed by atoms with van der Waals surface area (Å²) in [4.78, 5) is 14.7. The number of rotatable bonds is 2. The molecule has 0 aliphatic carbocycles. The zero-order valence-electron chi connectivity index (χ0n) is 11.2. The highest BCUT2D eigenvalue weighted by molar-refractivity contribution is 6.31. The number of halogens is 1. The van der Waals surface area contributed by atoms with Crippen LogP contribution in [0.15, 0.2) is 18.2 Å². The molecular weight excluding hydrogens is 260 g/mol. The van der Waals surface area contributed by atoms with Gasteiger partial charge in [0.25, 0.3) is 5.91 Å². The van der Waals surface area contributed by atoms with Crippen LogP contribution in [0, 0.1) is 12.8 Å². The molecule has 4 rings (SSSR count). The van der Waals surface area contributed by atoms with E-state index in [1.165, 1.54) is 25.9 Å². The lowest BCUT2D eigenvalue weighted by molar-refractivity contribution is 0.0620. The van der Waals surface area contributed by atoms with Gasteiger partial charge in [-0.3, -0.25) is 4.79 Å². The van der Waals surface area contributed by atoms with Crippen molar-refractivity contribution in [2.24, 2.45) is 5.92 Å². The van der Waals surface area contributed by atoms with Crippen molar-refractivity contribution in [3.8, 4) is 0 Å². The second-order valence-electron chi connectivity index (χ2n) is 5.68. The van der Waals surface area contributed by atoms with E-state index in [1.807, 2.05) is 19.1 Å². The zero-order valence-corrected chi connectivity index (χ0v) is 11.9. The van der Waals surface area contributed by atoms with Crippen molar-refractivity contribution in [3.05, 3.63) is 34.3 Å². The summed E-state index contributed by atoms with van der Waals surface area (Å²) in [6.07, 6.45) is 2.42. The number of hydrogen-bond acceptors (Lipinski definition) is 2. The summed E-state index contributed by atoms with van der Waals surface area (Å²) in [5.41, 5.74) is 1.66. The Hall–Kier alpha value is -1.06. The molecule has 3 aliphatic rings. The van der Waals surface area contributed by atoms with Gasteiger partial charge in [-0.15, -0.1) is 0 Å². The van der Waals surface area contributed by atoms with E-state index in [9.17, 15) is 4.79 Å². The summed E-state index contributed by atoms with van der Waals surface area (Å²) < 4.78 is 0. The molecule has 4 heteroatoms. The van der Waals surface area contributed by atoms with E-state index in [2.05, 4.69) is 10.2 Å². The summed E-state index contributed by atoms with van der Waals surface area (Å²) in [5.74, 6) is 0.649. The number of carbonyl (C=O) groups is 1. The molecule has 3 saturated heterocycles. The number of carbonyl (C=O) groups excluding carboxylic acids is 1. The standard InChI is InChI=1S/C15H19ClN2O/c1-10-2-3-12(8-13(10)16)15(19)17-14-9-18-6-4-11(14)5-7-18/h2-3,8,11,14H,4-7,9H2,1H3,(H,17,19). The Morgan fingerprint density at radius 1 is 1.37 bits per heavy atom.